The summed E-state index contributed by atoms with van der Waals surface area (Å²) in [6.45, 7) is 0. The molecule has 1 saturated carbocycles. The van der Waals surface area contributed by atoms with Gasteiger partial charge in [0, 0.05) is 30.6 Å². The number of para-hydroxylation sites is 2. The molecular weight excluding hydrogens is 480 g/mol. The lowest BCUT2D eigenvalue weighted by molar-refractivity contribution is -0.136. The maximum absolute atomic E-state index is 14.1. The van der Waals surface area contributed by atoms with Crippen molar-refractivity contribution in [3.63, 3.8) is 0 Å². The Hall–Kier alpha value is -2.74. The molecule has 8 heteroatoms. The molecule has 8 nitrogen and oxygen atoms in total. The Kier molecular flexibility index (Phi) is 8.77. The lowest BCUT2D eigenvalue weighted by Gasteiger charge is -2.53. The summed E-state index contributed by atoms with van der Waals surface area (Å²) >= 11 is 0. The van der Waals surface area contributed by atoms with Crippen LogP contribution < -0.4 is 5.56 Å². The number of fused-ring (bicyclic) bond motifs is 3. The Labute approximate surface area is 225 Å². The molecule has 0 unspecified atom stereocenters. The molecule has 0 amide bonds. The zero-order valence-corrected chi connectivity index (χ0v) is 22.7. The number of oxime groups is 1. The van der Waals surface area contributed by atoms with Gasteiger partial charge < -0.3 is 14.5 Å². The predicted molar refractivity (Wildman–Crippen MR) is 149 cm³/mol. The lowest BCUT2D eigenvalue weighted by Crippen LogP contribution is -2.57. The molecule has 2 bridgehead atoms. The van der Waals surface area contributed by atoms with Crippen LogP contribution in [0.2, 0.25) is 0 Å². The van der Waals surface area contributed by atoms with Crippen LogP contribution >= 0.6 is 0 Å². The van der Waals surface area contributed by atoms with E-state index in [9.17, 15) is 14.7 Å². The smallest absolute Gasteiger partial charge is 0.303 e. The van der Waals surface area contributed by atoms with Crippen LogP contribution in [0.1, 0.15) is 108 Å². The first-order valence-electron chi connectivity index (χ1n) is 14.7. The van der Waals surface area contributed by atoms with Crippen LogP contribution in [0, 0.1) is 0 Å². The largest absolute Gasteiger partial charge is 0.481 e. The van der Waals surface area contributed by atoms with E-state index in [2.05, 4.69) is 15.0 Å². The minimum Gasteiger partial charge on any atom is -0.481 e. The molecule has 3 atom stereocenters. The number of rotatable bonds is 7. The average molecular weight is 523 g/mol. The summed E-state index contributed by atoms with van der Waals surface area (Å²) in [5.41, 5.74) is 1.88. The van der Waals surface area contributed by atoms with Crippen molar-refractivity contribution in [1.82, 2.24) is 14.5 Å². The summed E-state index contributed by atoms with van der Waals surface area (Å²) in [4.78, 5) is 37.9. The topological polar surface area (TPSA) is 97.0 Å². The van der Waals surface area contributed by atoms with Crippen LogP contribution in [0.5, 0.6) is 0 Å². The van der Waals surface area contributed by atoms with Gasteiger partial charge in [0.05, 0.1) is 17.5 Å². The second-order valence-electron chi connectivity index (χ2n) is 11.4. The molecule has 2 saturated heterocycles. The van der Waals surface area contributed by atoms with Crippen LogP contribution in [-0.2, 0) is 9.63 Å². The van der Waals surface area contributed by atoms with E-state index in [1.54, 1.807) is 0 Å². The summed E-state index contributed by atoms with van der Waals surface area (Å²) in [7, 11) is 1.41. The summed E-state index contributed by atoms with van der Waals surface area (Å²) in [6, 6.07) is 9.54. The molecule has 1 aromatic carbocycles. The number of aliphatic carboxylic acids is 1. The molecule has 1 aromatic heterocycles. The van der Waals surface area contributed by atoms with E-state index < -0.39 is 5.97 Å². The number of carboxylic acids is 1. The number of piperidine rings is 2. The van der Waals surface area contributed by atoms with Crippen molar-refractivity contribution < 1.29 is 14.7 Å². The number of carboxylic acid groups (broad SMARTS) is 1. The summed E-state index contributed by atoms with van der Waals surface area (Å²) in [5.74, 6) is -0.944. The highest BCUT2D eigenvalue weighted by Gasteiger charge is 2.42. The van der Waals surface area contributed by atoms with Gasteiger partial charge in [0.15, 0.2) is 5.69 Å². The summed E-state index contributed by atoms with van der Waals surface area (Å²) in [5, 5.41) is 13.3. The first-order chi connectivity index (χ1) is 18.6. The molecular formula is C30H42N4O4. The third kappa shape index (κ3) is 5.80. The molecule has 5 rings (SSSR count). The molecule has 3 aliphatic rings. The van der Waals surface area contributed by atoms with Crippen molar-refractivity contribution in [2.24, 2.45) is 5.16 Å². The van der Waals surface area contributed by atoms with E-state index in [-0.39, 0.29) is 30.1 Å². The highest BCUT2D eigenvalue weighted by Crippen LogP contribution is 2.42. The standard InChI is InChI=1S/C30H42N4O4/c1-38-32-26(17-18-28(35)36)29-30(37)34(27-16-9-8-15-25(27)31-29)24-19-22-13-10-14-23(20-24)33(22)21-11-6-4-2-3-5-7-12-21/h8-9,15-16,21-24H,2-7,10-14,17-20H2,1H3,(H,35,36)/b32-26+/t22-,23+,24+. The van der Waals surface area contributed by atoms with Crippen molar-refractivity contribution >= 4 is 22.7 Å². The Balaban J connectivity index is 1.50. The number of benzene rings is 1. The molecule has 2 aromatic rings. The fraction of sp³-hybridized carbons (Fsp3) is 0.667. The molecule has 38 heavy (non-hydrogen) atoms. The number of hydrogen-bond acceptors (Lipinski definition) is 6. The molecule has 1 N–H and O–H groups in total. The van der Waals surface area contributed by atoms with E-state index in [0.29, 0.717) is 23.8 Å². The normalized spacial score (nSPS) is 25.9. The second kappa shape index (κ2) is 12.4. The average Bonchev–Trinajstić information content (AvgIpc) is 3.04. The van der Waals surface area contributed by atoms with Crippen LogP contribution in [0.4, 0.5) is 0 Å². The Bertz CT molecular complexity index is 1180. The maximum Gasteiger partial charge on any atom is 0.303 e. The fourth-order valence-corrected chi connectivity index (χ4v) is 7.35. The molecule has 0 spiro atoms. The monoisotopic (exact) mass is 522 g/mol. The molecule has 2 aliphatic heterocycles. The number of carbonyl (C=O) groups is 1. The minimum absolute atomic E-state index is 0.0836. The minimum atomic E-state index is -0.944. The van der Waals surface area contributed by atoms with Gasteiger partial charge in [0.1, 0.15) is 12.8 Å². The van der Waals surface area contributed by atoms with Gasteiger partial charge in [0.2, 0.25) is 0 Å². The van der Waals surface area contributed by atoms with Gasteiger partial charge >= 0.3 is 5.97 Å². The van der Waals surface area contributed by atoms with Gasteiger partial charge in [-0.15, -0.1) is 0 Å². The van der Waals surface area contributed by atoms with E-state index in [4.69, 9.17) is 4.84 Å². The third-order valence-corrected chi connectivity index (χ3v) is 8.96. The molecule has 0 radical (unpaired) electrons. The molecule has 3 heterocycles. The van der Waals surface area contributed by atoms with Crippen molar-refractivity contribution in [3.05, 3.63) is 40.3 Å². The van der Waals surface area contributed by atoms with E-state index >= 15 is 0 Å². The predicted octanol–water partition coefficient (Wildman–Crippen LogP) is 5.67. The van der Waals surface area contributed by atoms with E-state index in [1.807, 2.05) is 28.8 Å². The fourth-order valence-electron chi connectivity index (χ4n) is 7.35. The van der Waals surface area contributed by atoms with Gasteiger partial charge in [-0.05, 0) is 50.7 Å². The first kappa shape index (κ1) is 26.9. The highest BCUT2D eigenvalue weighted by atomic mass is 16.6. The van der Waals surface area contributed by atoms with Crippen molar-refractivity contribution in [1.29, 1.82) is 0 Å². The Morgan fingerprint density at radius 2 is 1.55 bits per heavy atom. The van der Waals surface area contributed by atoms with Crippen molar-refractivity contribution in [3.8, 4) is 0 Å². The van der Waals surface area contributed by atoms with Gasteiger partial charge in [0.25, 0.3) is 5.56 Å². The number of hydrogen-bond donors (Lipinski definition) is 1. The number of aromatic nitrogens is 2. The van der Waals surface area contributed by atoms with Crippen LogP contribution in [0.3, 0.4) is 0 Å². The summed E-state index contributed by atoms with van der Waals surface area (Å²) < 4.78 is 1.95. The lowest BCUT2D eigenvalue weighted by atomic mass is 9.79. The second-order valence-corrected chi connectivity index (χ2v) is 11.4. The van der Waals surface area contributed by atoms with Gasteiger partial charge in [-0.3, -0.25) is 14.5 Å². The number of nitrogens with zero attached hydrogens (tertiary/aromatic N) is 4. The van der Waals surface area contributed by atoms with Crippen LogP contribution in [0.15, 0.2) is 34.2 Å². The van der Waals surface area contributed by atoms with Crippen LogP contribution in [0.25, 0.3) is 11.0 Å². The highest BCUT2D eigenvalue weighted by molar-refractivity contribution is 6.00. The molecule has 206 valence electrons. The zero-order valence-electron chi connectivity index (χ0n) is 22.7. The van der Waals surface area contributed by atoms with E-state index in [0.717, 1.165) is 23.9 Å². The van der Waals surface area contributed by atoms with Crippen molar-refractivity contribution in [2.45, 2.75) is 120 Å². The van der Waals surface area contributed by atoms with Crippen molar-refractivity contribution in [2.75, 3.05) is 7.11 Å². The Morgan fingerprint density at radius 1 is 0.921 bits per heavy atom. The molecule has 1 aliphatic carbocycles. The zero-order chi connectivity index (χ0) is 26.5. The summed E-state index contributed by atoms with van der Waals surface area (Å²) in [6.07, 6.45) is 16.3. The maximum atomic E-state index is 14.1. The quantitative estimate of drug-likeness (QED) is 0.372. The van der Waals surface area contributed by atoms with Gasteiger partial charge in [-0.25, -0.2) is 4.98 Å². The SMILES string of the molecule is CO/N=C(\CCC(=O)O)c1nc2ccccc2n([C@H]2C[C@H]3CCC[C@@H](C2)N3C2CCCCCCCC2)c1=O. The van der Waals surface area contributed by atoms with Gasteiger partial charge in [-0.2, -0.15) is 0 Å². The van der Waals surface area contributed by atoms with Crippen LogP contribution in [-0.4, -0.2) is 56.5 Å². The van der Waals surface area contributed by atoms with Gasteiger partial charge in [-0.1, -0.05) is 62.2 Å². The van der Waals surface area contributed by atoms with E-state index in [1.165, 1.54) is 77.7 Å². The third-order valence-electron chi connectivity index (χ3n) is 8.96. The molecule has 3 fully saturated rings. The first-order valence-corrected chi connectivity index (χ1v) is 14.7. The Morgan fingerprint density at radius 3 is 2.21 bits per heavy atom.